The largest absolute Gasteiger partial charge is 0.504 e. The van der Waals surface area contributed by atoms with E-state index in [1.165, 1.54) is 7.11 Å². The number of hydrogen-bond donors (Lipinski definition) is 2. The van der Waals surface area contributed by atoms with E-state index in [4.69, 9.17) is 4.74 Å². The van der Waals surface area contributed by atoms with Gasteiger partial charge in [-0.25, -0.2) is 0 Å². The summed E-state index contributed by atoms with van der Waals surface area (Å²) in [6.45, 7) is 1.81. The van der Waals surface area contributed by atoms with Crippen molar-refractivity contribution in [3.63, 3.8) is 0 Å². The maximum atomic E-state index is 12.5. The van der Waals surface area contributed by atoms with Crippen LogP contribution in [-0.2, 0) is 4.79 Å². The molecule has 4 heterocycles. The zero-order valence-electron chi connectivity index (χ0n) is 15.7. The number of carbonyl (C=O) groups is 1. The molecule has 1 atom stereocenters. The molecule has 1 aromatic carbocycles. The highest BCUT2D eigenvalue weighted by Gasteiger charge is 2.31. The average molecular weight is 391 g/mol. The summed E-state index contributed by atoms with van der Waals surface area (Å²) in [6, 6.07) is 8.66. The molecular formula is C19H17N7O3. The molecule has 0 unspecified atom stereocenters. The minimum absolute atomic E-state index is 0.0502. The smallest absolute Gasteiger partial charge is 0.226 e. The number of amides is 1. The van der Waals surface area contributed by atoms with E-state index in [1.807, 2.05) is 6.92 Å². The molecule has 1 aliphatic rings. The van der Waals surface area contributed by atoms with Crippen LogP contribution in [-0.4, -0.2) is 47.7 Å². The van der Waals surface area contributed by atoms with Crippen molar-refractivity contribution in [1.82, 2.24) is 29.6 Å². The zero-order valence-corrected chi connectivity index (χ0v) is 15.7. The number of ether oxygens (including phenoxy) is 1. The summed E-state index contributed by atoms with van der Waals surface area (Å²) in [6.07, 6.45) is 1.99. The fourth-order valence-corrected chi connectivity index (χ4v) is 3.60. The summed E-state index contributed by atoms with van der Waals surface area (Å²) in [5.41, 5.74) is 2.35. The van der Waals surface area contributed by atoms with E-state index in [1.54, 1.807) is 45.7 Å². The summed E-state index contributed by atoms with van der Waals surface area (Å²) in [4.78, 5) is 12.5. The van der Waals surface area contributed by atoms with Crippen LogP contribution in [0.15, 0.2) is 36.5 Å². The van der Waals surface area contributed by atoms with Crippen molar-refractivity contribution in [3.05, 3.63) is 53.5 Å². The molecule has 1 aliphatic heterocycles. The predicted molar refractivity (Wildman–Crippen MR) is 102 cm³/mol. The quantitative estimate of drug-likeness (QED) is 0.546. The molecule has 0 radical (unpaired) electrons. The Morgan fingerprint density at radius 3 is 2.93 bits per heavy atom. The molecule has 146 valence electrons. The van der Waals surface area contributed by atoms with Crippen molar-refractivity contribution in [1.29, 1.82) is 0 Å². The first kappa shape index (κ1) is 17.2. The number of aromatic hydroxyl groups is 1. The number of carbonyl (C=O) groups excluding carboxylic acids is 1. The number of hydrogen-bond acceptors (Lipinski definition) is 7. The van der Waals surface area contributed by atoms with Gasteiger partial charge in [-0.1, -0.05) is 6.07 Å². The lowest BCUT2D eigenvalue weighted by Gasteiger charge is -2.24. The molecule has 0 saturated carbocycles. The molecule has 10 nitrogen and oxygen atoms in total. The standard InChI is InChI=1S/C19H17N7O3/c1-10-22-23-16-5-6-17(24-25(10)16)26-19-13(9-20-26)12(8-18(28)21-19)11-3-4-14(27)15(7-11)29-2/h3-7,9,12,27H,8H2,1-2H3,(H,21,28)/t12-/m1/s1. The van der Waals surface area contributed by atoms with Crippen LogP contribution in [0.4, 0.5) is 5.82 Å². The molecule has 0 fully saturated rings. The van der Waals surface area contributed by atoms with Crippen molar-refractivity contribution in [2.75, 3.05) is 12.4 Å². The van der Waals surface area contributed by atoms with Gasteiger partial charge >= 0.3 is 0 Å². The molecule has 0 saturated heterocycles. The predicted octanol–water partition coefficient (Wildman–Crippen LogP) is 1.81. The monoisotopic (exact) mass is 391 g/mol. The minimum atomic E-state index is -0.220. The van der Waals surface area contributed by atoms with Gasteiger partial charge in [0.2, 0.25) is 5.91 Å². The number of phenolic OH excluding ortho intramolecular Hbond substituents is 1. The highest BCUT2D eigenvalue weighted by atomic mass is 16.5. The zero-order chi connectivity index (χ0) is 20.1. The first-order chi connectivity index (χ1) is 14.0. The van der Waals surface area contributed by atoms with Gasteiger partial charge in [-0.2, -0.15) is 14.3 Å². The number of aromatic nitrogens is 6. The summed E-state index contributed by atoms with van der Waals surface area (Å²) < 4.78 is 8.43. The maximum absolute atomic E-state index is 12.5. The summed E-state index contributed by atoms with van der Waals surface area (Å²) in [5.74, 6) is 1.81. The van der Waals surface area contributed by atoms with Crippen LogP contribution in [0, 0.1) is 6.92 Å². The van der Waals surface area contributed by atoms with Gasteiger partial charge in [0, 0.05) is 17.9 Å². The third-order valence-corrected chi connectivity index (χ3v) is 5.05. The third-order valence-electron chi connectivity index (χ3n) is 5.05. The van der Waals surface area contributed by atoms with Gasteiger partial charge in [-0.15, -0.1) is 15.3 Å². The fraction of sp³-hybridized carbons (Fsp3) is 0.211. The fourth-order valence-electron chi connectivity index (χ4n) is 3.60. The highest BCUT2D eigenvalue weighted by Crippen LogP contribution is 2.40. The number of nitrogens with one attached hydrogen (secondary N) is 1. The molecule has 5 rings (SSSR count). The number of benzene rings is 1. The summed E-state index contributed by atoms with van der Waals surface area (Å²) in [5, 5.41) is 29.8. The second-order valence-electron chi connectivity index (χ2n) is 6.81. The number of rotatable bonds is 3. The number of nitrogens with zero attached hydrogens (tertiary/aromatic N) is 6. The van der Waals surface area contributed by atoms with Gasteiger partial charge in [-0.3, -0.25) is 4.79 Å². The van der Waals surface area contributed by atoms with Crippen molar-refractivity contribution in [3.8, 4) is 17.3 Å². The van der Waals surface area contributed by atoms with Crippen LogP contribution in [0.2, 0.25) is 0 Å². The molecule has 2 N–H and O–H groups in total. The Hall–Kier alpha value is -3.95. The van der Waals surface area contributed by atoms with Gasteiger partial charge in [0.15, 0.2) is 28.8 Å². The minimum Gasteiger partial charge on any atom is -0.504 e. The van der Waals surface area contributed by atoms with E-state index in [-0.39, 0.29) is 24.0 Å². The third kappa shape index (κ3) is 2.68. The van der Waals surface area contributed by atoms with Gasteiger partial charge in [0.25, 0.3) is 0 Å². The molecule has 0 aliphatic carbocycles. The van der Waals surface area contributed by atoms with E-state index < -0.39 is 0 Å². The average Bonchev–Trinajstić information content (AvgIpc) is 3.31. The van der Waals surface area contributed by atoms with Crippen LogP contribution >= 0.6 is 0 Å². The molecule has 1 amide bonds. The van der Waals surface area contributed by atoms with Crippen LogP contribution in [0.5, 0.6) is 11.5 Å². The van der Waals surface area contributed by atoms with Gasteiger partial charge in [0.1, 0.15) is 5.82 Å². The first-order valence-electron chi connectivity index (χ1n) is 8.99. The van der Waals surface area contributed by atoms with Gasteiger partial charge < -0.3 is 15.2 Å². The lowest BCUT2D eigenvalue weighted by atomic mass is 9.87. The number of anilines is 1. The summed E-state index contributed by atoms with van der Waals surface area (Å²) in [7, 11) is 1.49. The maximum Gasteiger partial charge on any atom is 0.226 e. The normalized spacial score (nSPS) is 15.9. The van der Waals surface area contributed by atoms with Gasteiger partial charge in [-0.05, 0) is 36.8 Å². The number of methoxy groups -OCH3 is 1. The number of phenols is 1. The Bertz CT molecular complexity index is 1260. The Labute approximate surface area is 164 Å². The molecular weight excluding hydrogens is 374 g/mol. The lowest BCUT2D eigenvalue weighted by Crippen LogP contribution is -2.25. The topological polar surface area (TPSA) is 119 Å². The van der Waals surface area contributed by atoms with Crippen LogP contribution in [0.25, 0.3) is 11.5 Å². The molecule has 10 heteroatoms. The lowest BCUT2D eigenvalue weighted by molar-refractivity contribution is -0.116. The van der Waals surface area contributed by atoms with Crippen LogP contribution in [0.1, 0.15) is 29.3 Å². The molecule has 0 bridgehead atoms. The second-order valence-corrected chi connectivity index (χ2v) is 6.81. The number of aryl methyl sites for hydroxylation is 1. The highest BCUT2D eigenvalue weighted by molar-refractivity contribution is 5.94. The van der Waals surface area contributed by atoms with E-state index >= 15 is 0 Å². The van der Waals surface area contributed by atoms with E-state index in [2.05, 4.69) is 25.7 Å². The van der Waals surface area contributed by atoms with Gasteiger partial charge in [0.05, 0.1) is 13.3 Å². The van der Waals surface area contributed by atoms with E-state index in [0.29, 0.717) is 28.9 Å². The molecule has 29 heavy (non-hydrogen) atoms. The van der Waals surface area contributed by atoms with Crippen molar-refractivity contribution >= 4 is 17.4 Å². The van der Waals surface area contributed by atoms with Crippen molar-refractivity contribution in [2.24, 2.45) is 0 Å². The second kappa shape index (κ2) is 6.30. The first-order valence-corrected chi connectivity index (χ1v) is 8.99. The van der Waals surface area contributed by atoms with E-state index in [9.17, 15) is 9.90 Å². The Kier molecular flexibility index (Phi) is 3.73. The molecule has 4 aromatic rings. The Morgan fingerprint density at radius 2 is 2.10 bits per heavy atom. The Morgan fingerprint density at radius 1 is 1.24 bits per heavy atom. The Balaban J connectivity index is 1.62. The molecule has 3 aromatic heterocycles. The van der Waals surface area contributed by atoms with Crippen LogP contribution in [0.3, 0.4) is 0 Å². The van der Waals surface area contributed by atoms with E-state index in [0.717, 1.165) is 11.1 Å². The summed E-state index contributed by atoms with van der Waals surface area (Å²) >= 11 is 0. The van der Waals surface area contributed by atoms with Crippen LogP contribution < -0.4 is 10.1 Å². The van der Waals surface area contributed by atoms with Crippen molar-refractivity contribution in [2.45, 2.75) is 19.3 Å². The number of fused-ring (bicyclic) bond motifs is 2. The van der Waals surface area contributed by atoms with Crippen molar-refractivity contribution < 1.29 is 14.6 Å². The molecule has 0 spiro atoms. The SMILES string of the molecule is COc1cc([C@H]2CC(=O)Nc3c2cnn3-c2ccc3nnc(C)n3n2)ccc1O.